The van der Waals surface area contributed by atoms with Crippen molar-refractivity contribution >= 4 is 39.0 Å². The first kappa shape index (κ1) is 29.2. The topological polar surface area (TPSA) is 128 Å². The van der Waals surface area contributed by atoms with E-state index in [1.807, 2.05) is 6.92 Å². The number of hydrogen-bond donors (Lipinski definition) is 3. The van der Waals surface area contributed by atoms with Gasteiger partial charge in [-0.05, 0) is 49.4 Å². The zero-order chi connectivity index (χ0) is 28.2. The van der Waals surface area contributed by atoms with Gasteiger partial charge < -0.3 is 25.0 Å². The number of urea groups is 1. The van der Waals surface area contributed by atoms with E-state index in [1.165, 1.54) is 18.6 Å². The van der Waals surface area contributed by atoms with Crippen LogP contribution in [0.5, 0.6) is 5.75 Å². The monoisotopic (exact) mass is 578 g/mol. The second-order valence-electron chi connectivity index (χ2n) is 10.5. The van der Waals surface area contributed by atoms with Crippen LogP contribution in [0.15, 0.2) is 39.9 Å². The predicted molar refractivity (Wildman–Crippen MR) is 151 cm³/mol. The molecule has 0 spiro atoms. The molecular weight excluding hydrogens is 540 g/mol. The van der Waals surface area contributed by atoms with E-state index in [9.17, 15) is 23.1 Å². The van der Waals surface area contributed by atoms with Gasteiger partial charge in [0.25, 0.3) is 15.9 Å². The summed E-state index contributed by atoms with van der Waals surface area (Å²) in [6.45, 7) is 4.08. The molecule has 2 heterocycles. The summed E-state index contributed by atoms with van der Waals surface area (Å²) in [6.07, 6.45) is 4.96. The van der Waals surface area contributed by atoms with Crippen LogP contribution in [0.25, 0.3) is 0 Å². The lowest BCUT2D eigenvalue weighted by Crippen LogP contribution is -2.52. The number of carbonyl (C=O) groups is 2. The van der Waals surface area contributed by atoms with Gasteiger partial charge in [0, 0.05) is 31.2 Å². The molecule has 0 unspecified atom stereocenters. The quantitative estimate of drug-likeness (QED) is 0.438. The van der Waals surface area contributed by atoms with Gasteiger partial charge in [0.15, 0.2) is 0 Å². The second-order valence-corrected chi connectivity index (χ2v) is 13.4. The Kier molecular flexibility index (Phi) is 9.39. The summed E-state index contributed by atoms with van der Waals surface area (Å²) < 4.78 is 34.6. The first-order valence-electron chi connectivity index (χ1n) is 13.4. The molecule has 2 aliphatic rings. The standard InChI is InChI=1S/C27H38N4O6S2/c1-18-15-31(19(2)17-32)26(33)22-14-21(29-39(35,36)25-10-7-13-38-25)11-12-23(22)37-24(18)16-30(3)27(34)28-20-8-5-4-6-9-20/h7,10-14,18-20,24,29,32H,4-6,8-9,15-17H2,1-3H3,(H,28,34)/t18-,19-,24+/m1/s1. The van der Waals surface area contributed by atoms with Crippen molar-refractivity contribution in [2.75, 3.05) is 31.5 Å². The fourth-order valence-corrected chi connectivity index (χ4v) is 7.05. The highest BCUT2D eigenvalue weighted by Gasteiger charge is 2.34. The van der Waals surface area contributed by atoms with Crippen molar-refractivity contribution in [1.82, 2.24) is 15.1 Å². The third kappa shape index (κ3) is 7.03. The van der Waals surface area contributed by atoms with Gasteiger partial charge in [-0.25, -0.2) is 13.2 Å². The normalized spacial score (nSPS) is 21.2. The Labute approximate surface area is 234 Å². The molecule has 1 aromatic heterocycles. The van der Waals surface area contributed by atoms with Crippen LogP contribution in [-0.2, 0) is 10.0 Å². The summed E-state index contributed by atoms with van der Waals surface area (Å²) in [4.78, 5) is 29.8. The molecule has 4 rings (SSSR count). The van der Waals surface area contributed by atoms with E-state index in [0.717, 1.165) is 37.0 Å². The van der Waals surface area contributed by atoms with E-state index < -0.39 is 22.2 Å². The highest BCUT2D eigenvalue weighted by atomic mass is 32.2. The lowest BCUT2D eigenvalue weighted by molar-refractivity contribution is 0.0366. The number of thiophene rings is 1. The van der Waals surface area contributed by atoms with E-state index in [0.29, 0.717) is 18.8 Å². The van der Waals surface area contributed by atoms with Crippen molar-refractivity contribution < 1.29 is 27.9 Å². The van der Waals surface area contributed by atoms with Crippen molar-refractivity contribution in [2.45, 2.75) is 68.3 Å². The van der Waals surface area contributed by atoms with Crippen LogP contribution in [0, 0.1) is 5.92 Å². The maximum absolute atomic E-state index is 13.6. The maximum atomic E-state index is 13.6. The van der Waals surface area contributed by atoms with Crippen molar-refractivity contribution in [1.29, 1.82) is 0 Å². The number of amides is 3. The van der Waals surface area contributed by atoms with Crippen LogP contribution in [0.2, 0.25) is 0 Å². The number of aliphatic hydroxyl groups is 1. The SMILES string of the molecule is C[C@@H]1CN([C@H](C)CO)C(=O)c2cc(NS(=O)(=O)c3cccs3)ccc2O[C@H]1CN(C)C(=O)NC1CCCCC1. The molecule has 0 saturated heterocycles. The molecule has 214 valence electrons. The van der Waals surface area contributed by atoms with E-state index in [1.54, 1.807) is 47.4 Å². The molecule has 3 atom stereocenters. The van der Waals surface area contributed by atoms with Gasteiger partial charge in [0.05, 0.1) is 24.8 Å². The Hall–Kier alpha value is -2.83. The molecule has 0 bridgehead atoms. The van der Waals surface area contributed by atoms with Gasteiger partial charge in [0.1, 0.15) is 16.1 Å². The smallest absolute Gasteiger partial charge is 0.317 e. The number of ether oxygens (including phenoxy) is 1. The number of anilines is 1. The number of nitrogens with zero attached hydrogens (tertiary/aromatic N) is 2. The number of nitrogens with one attached hydrogen (secondary N) is 2. The molecule has 10 nitrogen and oxygen atoms in total. The molecule has 1 fully saturated rings. The van der Waals surface area contributed by atoms with Crippen LogP contribution < -0.4 is 14.8 Å². The highest BCUT2D eigenvalue weighted by Crippen LogP contribution is 2.32. The Morgan fingerprint density at radius 1 is 1.26 bits per heavy atom. The third-order valence-electron chi connectivity index (χ3n) is 7.41. The minimum atomic E-state index is -3.81. The minimum absolute atomic E-state index is 0.155. The van der Waals surface area contributed by atoms with Crippen LogP contribution in [0.3, 0.4) is 0 Å². The summed E-state index contributed by atoms with van der Waals surface area (Å²) in [7, 11) is -2.08. The molecule has 1 aliphatic carbocycles. The average molecular weight is 579 g/mol. The summed E-state index contributed by atoms with van der Waals surface area (Å²) in [5.74, 6) is -0.220. The molecule has 3 amide bonds. The molecule has 1 saturated carbocycles. The first-order valence-corrected chi connectivity index (χ1v) is 15.8. The molecule has 39 heavy (non-hydrogen) atoms. The number of sulfonamides is 1. The third-order valence-corrected chi connectivity index (χ3v) is 10.2. The first-order chi connectivity index (χ1) is 18.6. The fourth-order valence-electron chi connectivity index (χ4n) is 5.01. The van der Waals surface area contributed by atoms with Gasteiger partial charge in [-0.3, -0.25) is 9.52 Å². The number of hydrogen-bond acceptors (Lipinski definition) is 7. The number of rotatable bonds is 8. The fraction of sp³-hybridized carbons (Fsp3) is 0.556. The zero-order valence-corrected chi connectivity index (χ0v) is 24.3. The summed E-state index contributed by atoms with van der Waals surface area (Å²) in [6, 6.07) is 7.31. The van der Waals surface area contributed by atoms with Crippen LogP contribution in [0.1, 0.15) is 56.3 Å². The van der Waals surface area contributed by atoms with Crippen molar-refractivity contribution in [3.8, 4) is 5.75 Å². The number of aliphatic hydroxyl groups excluding tert-OH is 1. The number of fused-ring (bicyclic) bond motifs is 1. The zero-order valence-electron chi connectivity index (χ0n) is 22.6. The molecule has 2 aromatic rings. The number of benzene rings is 1. The van der Waals surface area contributed by atoms with E-state index >= 15 is 0 Å². The lowest BCUT2D eigenvalue weighted by Gasteiger charge is -2.38. The average Bonchev–Trinajstić information content (AvgIpc) is 3.47. The van der Waals surface area contributed by atoms with E-state index in [4.69, 9.17) is 4.74 Å². The highest BCUT2D eigenvalue weighted by molar-refractivity contribution is 7.94. The Bertz CT molecular complexity index is 1250. The molecule has 1 aromatic carbocycles. The second kappa shape index (κ2) is 12.6. The van der Waals surface area contributed by atoms with Crippen molar-refractivity contribution in [2.24, 2.45) is 5.92 Å². The Balaban J connectivity index is 1.58. The molecule has 12 heteroatoms. The van der Waals surface area contributed by atoms with E-state index in [2.05, 4.69) is 10.0 Å². The van der Waals surface area contributed by atoms with Gasteiger partial charge in [-0.1, -0.05) is 32.3 Å². The van der Waals surface area contributed by atoms with Crippen LogP contribution in [0.4, 0.5) is 10.5 Å². The lowest BCUT2D eigenvalue weighted by atomic mass is 9.96. The van der Waals surface area contributed by atoms with Crippen LogP contribution >= 0.6 is 11.3 Å². The summed E-state index contributed by atoms with van der Waals surface area (Å²) in [5, 5.41) is 14.7. The Morgan fingerprint density at radius 3 is 2.67 bits per heavy atom. The number of likely N-dealkylation sites (N-methyl/N-ethyl adjacent to an activating group) is 1. The van der Waals surface area contributed by atoms with Gasteiger partial charge in [-0.2, -0.15) is 0 Å². The van der Waals surface area contributed by atoms with Crippen molar-refractivity contribution in [3.63, 3.8) is 0 Å². The van der Waals surface area contributed by atoms with Gasteiger partial charge in [0.2, 0.25) is 0 Å². The minimum Gasteiger partial charge on any atom is -0.487 e. The van der Waals surface area contributed by atoms with Crippen LogP contribution in [-0.4, -0.2) is 80.2 Å². The molecular formula is C27H38N4O6S2. The van der Waals surface area contributed by atoms with Gasteiger partial charge in [-0.15, -0.1) is 11.3 Å². The van der Waals surface area contributed by atoms with Crippen molar-refractivity contribution in [3.05, 3.63) is 41.3 Å². The Morgan fingerprint density at radius 2 is 2.00 bits per heavy atom. The molecule has 0 radical (unpaired) electrons. The summed E-state index contributed by atoms with van der Waals surface area (Å²) in [5.41, 5.74) is 0.415. The molecule has 1 aliphatic heterocycles. The maximum Gasteiger partial charge on any atom is 0.317 e. The van der Waals surface area contributed by atoms with Gasteiger partial charge >= 0.3 is 6.03 Å². The predicted octanol–water partition coefficient (Wildman–Crippen LogP) is 3.74. The van der Waals surface area contributed by atoms with E-state index in [-0.39, 0.29) is 46.0 Å². The number of carbonyl (C=O) groups excluding carboxylic acids is 2. The largest absolute Gasteiger partial charge is 0.487 e. The summed E-state index contributed by atoms with van der Waals surface area (Å²) >= 11 is 1.10. The molecule has 3 N–H and O–H groups in total.